The van der Waals surface area contributed by atoms with E-state index < -0.39 is 10.0 Å². The molecular formula is C16H24ClN5O4S. The molecule has 11 heteroatoms. The monoisotopic (exact) mass is 417 g/mol. The Morgan fingerprint density at radius 1 is 1.30 bits per heavy atom. The second-order valence-corrected chi connectivity index (χ2v) is 8.01. The number of benzene rings is 1. The number of aromatic nitrogens is 2. The smallest absolute Gasteiger partial charge is 0.243 e. The van der Waals surface area contributed by atoms with Crippen molar-refractivity contribution in [3.05, 3.63) is 36.0 Å². The lowest BCUT2D eigenvalue weighted by Crippen LogP contribution is -2.27. The Morgan fingerprint density at radius 2 is 1.93 bits per heavy atom. The highest BCUT2D eigenvalue weighted by Gasteiger charge is 2.23. The van der Waals surface area contributed by atoms with Crippen LogP contribution in [0.3, 0.4) is 0 Å². The number of rotatable bonds is 8. The van der Waals surface area contributed by atoms with Gasteiger partial charge in [0.2, 0.25) is 21.8 Å². The normalized spacial score (nSPS) is 12.5. The lowest BCUT2D eigenvalue weighted by molar-refractivity contribution is -0.114. The van der Waals surface area contributed by atoms with E-state index in [1.807, 2.05) is 14.0 Å². The summed E-state index contributed by atoms with van der Waals surface area (Å²) in [4.78, 5) is 15.4. The number of carbonyl (C=O) groups is 1. The Hall–Kier alpha value is -2.01. The van der Waals surface area contributed by atoms with Crippen molar-refractivity contribution >= 4 is 34.0 Å². The molecule has 0 saturated heterocycles. The van der Waals surface area contributed by atoms with Gasteiger partial charge in [-0.15, -0.1) is 12.4 Å². The van der Waals surface area contributed by atoms with E-state index in [2.05, 4.69) is 20.8 Å². The van der Waals surface area contributed by atoms with E-state index in [0.29, 0.717) is 17.9 Å². The molecule has 0 fully saturated rings. The number of sulfonamides is 1. The van der Waals surface area contributed by atoms with Crippen LogP contribution in [0.2, 0.25) is 0 Å². The Labute approximate surface area is 165 Å². The number of amides is 1. The first-order valence-electron chi connectivity index (χ1n) is 8.05. The van der Waals surface area contributed by atoms with Crippen LogP contribution in [-0.2, 0) is 27.8 Å². The Morgan fingerprint density at radius 3 is 2.48 bits per heavy atom. The van der Waals surface area contributed by atoms with Gasteiger partial charge in [0.15, 0.2) is 5.82 Å². The highest BCUT2D eigenvalue weighted by molar-refractivity contribution is 7.89. The summed E-state index contributed by atoms with van der Waals surface area (Å²) in [5.41, 5.74) is 0.527. The summed E-state index contributed by atoms with van der Waals surface area (Å²) < 4.78 is 31.5. The highest BCUT2D eigenvalue weighted by atomic mass is 35.5. The Kier molecular flexibility index (Phi) is 8.35. The average Bonchev–Trinajstić information content (AvgIpc) is 3.01. The van der Waals surface area contributed by atoms with Gasteiger partial charge < -0.3 is 15.2 Å². The van der Waals surface area contributed by atoms with E-state index in [9.17, 15) is 13.2 Å². The zero-order chi connectivity index (χ0) is 19.3. The zero-order valence-corrected chi connectivity index (χ0v) is 17.2. The number of nitrogens with one attached hydrogen (secondary N) is 2. The van der Waals surface area contributed by atoms with Crippen LogP contribution < -0.4 is 10.6 Å². The van der Waals surface area contributed by atoms with Crippen LogP contribution in [0.25, 0.3) is 0 Å². The van der Waals surface area contributed by atoms with Crippen LogP contribution in [0.5, 0.6) is 0 Å². The summed E-state index contributed by atoms with van der Waals surface area (Å²) >= 11 is 0. The predicted molar refractivity (Wildman–Crippen MR) is 103 cm³/mol. The van der Waals surface area contributed by atoms with E-state index in [-0.39, 0.29) is 41.7 Å². The molecule has 2 rings (SSSR count). The molecule has 1 amide bonds. The molecule has 2 aromatic rings. The van der Waals surface area contributed by atoms with Gasteiger partial charge in [-0.25, -0.2) is 8.42 Å². The Bertz CT molecular complexity index is 854. The van der Waals surface area contributed by atoms with Crippen LogP contribution in [0.4, 0.5) is 5.69 Å². The first-order valence-corrected chi connectivity index (χ1v) is 9.49. The minimum atomic E-state index is -3.72. The molecule has 27 heavy (non-hydrogen) atoms. The number of hydrogen-bond acceptors (Lipinski definition) is 7. The fraction of sp³-hybridized carbons (Fsp3) is 0.438. The average molecular weight is 418 g/mol. The quantitative estimate of drug-likeness (QED) is 0.666. The van der Waals surface area contributed by atoms with Crippen molar-refractivity contribution in [1.82, 2.24) is 19.8 Å². The lowest BCUT2D eigenvalue weighted by Gasteiger charge is -2.15. The van der Waals surface area contributed by atoms with Crippen LogP contribution in [0.1, 0.15) is 25.6 Å². The number of likely N-dealkylation sites (N-methyl/N-ethyl adjacent to an activating group) is 1. The van der Waals surface area contributed by atoms with Gasteiger partial charge in [0.05, 0.1) is 11.4 Å². The van der Waals surface area contributed by atoms with E-state index in [1.54, 1.807) is 0 Å². The van der Waals surface area contributed by atoms with Gasteiger partial charge in [-0.2, -0.15) is 9.29 Å². The third-order valence-electron chi connectivity index (χ3n) is 3.73. The van der Waals surface area contributed by atoms with Crippen LogP contribution in [0, 0.1) is 0 Å². The maximum atomic E-state index is 12.6. The molecule has 1 heterocycles. The van der Waals surface area contributed by atoms with Gasteiger partial charge in [0.1, 0.15) is 0 Å². The molecular weight excluding hydrogens is 394 g/mol. The summed E-state index contributed by atoms with van der Waals surface area (Å²) in [6.45, 7) is 3.34. The molecule has 150 valence electrons. The zero-order valence-electron chi connectivity index (χ0n) is 15.6. The number of halogens is 1. The highest BCUT2D eigenvalue weighted by Crippen LogP contribution is 2.19. The standard InChI is InChI=1S/C16H23N5O4S.ClH/c1-11(17-3)9-15-19-16(25-20-15)10-21(4)26(23,24)14-7-5-13(6-8-14)18-12(2)22;/h5-8,11,17H,9-10H2,1-4H3,(H,18,22);1H. The number of carbonyl (C=O) groups excluding carboxylic acids is 1. The van der Waals surface area contributed by atoms with Crippen LogP contribution in [0.15, 0.2) is 33.7 Å². The molecule has 2 N–H and O–H groups in total. The second-order valence-electron chi connectivity index (χ2n) is 5.96. The van der Waals surface area contributed by atoms with E-state index >= 15 is 0 Å². The predicted octanol–water partition coefficient (Wildman–Crippen LogP) is 1.42. The molecule has 0 radical (unpaired) electrons. The second kappa shape index (κ2) is 9.79. The molecule has 1 aromatic heterocycles. The van der Waals surface area contributed by atoms with Crippen LogP contribution >= 0.6 is 12.4 Å². The number of nitrogens with zero attached hydrogens (tertiary/aromatic N) is 3. The minimum Gasteiger partial charge on any atom is -0.338 e. The number of anilines is 1. The fourth-order valence-corrected chi connectivity index (χ4v) is 3.30. The summed E-state index contributed by atoms with van der Waals surface area (Å²) in [7, 11) is -0.442. The largest absolute Gasteiger partial charge is 0.338 e. The molecule has 1 atom stereocenters. The van der Waals surface area contributed by atoms with Crippen molar-refractivity contribution in [3.63, 3.8) is 0 Å². The molecule has 0 aliphatic rings. The molecule has 0 spiro atoms. The van der Waals surface area contributed by atoms with Crippen molar-refractivity contribution in [2.45, 2.75) is 37.8 Å². The van der Waals surface area contributed by atoms with E-state index in [1.165, 1.54) is 38.2 Å². The van der Waals surface area contributed by atoms with Gasteiger partial charge in [0.25, 0.3) is 0 Å². The van der Waals surface area contributed by atoms with E-state index in [4.69, 9.17) is 4.52 Å². The lowest BCUT2D eigenvalue weighted by atomic mass is 10.2. The van der Waals surface area contributed by atoms with Crippen LogP contribution in [-0.4, -0.2) is 48.9 Å². The molecule has 0 aliphatic carbocycles. The van der Waals surface area contributed by atoms with Crippen molar-refractivity contribution in [3.8, 4) is 0 Å². The van der Waals surface area contributed by atoms with Gasteiger partial charge >= 0.3 is 0 Å². The molecule has 0 saturated carbocycles. The van der Waals surface area contributed by atoms with Gasteiger partial charge in [0, 0.05) is 32.1 Å². The number of hydrogen-bond donors (Lipinski definition) is 2. The van der Waals surface area contributed by atoms with Gasteiger partial charge in [-0.1, -0.05) is 5.16 Å². The maximum Gasteiger partial charge on any atom is 0.243 e. The van der Waals surface area contributed by atoms with E-state index in [0.717, 1.165) is 4.31 Å². The molecule has 9 nitrogen and oxygen atoms in total. The van der Waals surface area contributed by atoms with Gasteiger partial charge in [-0.05, 0) is 38.2 Å². The third-order valence-corrected chi connectivity index (χ3v) is 5.55. The SMILES string of the molecule is CNC(C)Cc1noc(CN(C)S(=O)(=O)c2ccc(NC(C)=O)cc2)n1.Cl. The summed E-state index contributed by atoms with van der Waals surface area (Å²) in [5, 5.41) is 9.52. The van der Waals surface area contributed by atoms with Gasteiger partial charge in [-0.3, -0.25) is 4.79 Å². The Balaban J connectivity index is 0.00000364. The molecule has 0 aliphatic heterocycles. The summed E-state index contributed by atoms with van der Waals surface area (Å²) in [6, 6.07) is 6.12. The summed E-state index contributed by atoms with van der Waals surface area (Å²) in [5.74, 6) is 0.522. The maximum absolute atomic E-state index is 12.6. The fourth-order valence-electron chi connectivity index (χ4n) is 2.18. The molecule has 1 unspecified atom stereocenters. The van der Waals surface area contributed by atoms with Crippen molar-refractivity contribution in [2.24, 2.45) is 0 Å². The third kappa shape index (κ3) is 6.28. The van der Waals surface area contributed by atoms with Crippen molar-refractivity contribution < 1.29 is 17.7 Å². The van der Waals surface area contributed by atoms with Crippen molar-refractivity contribution in [2.75, 3.05) is 19.4 Å². The first-order chi connectivity index (χ1) is 12.2. The molecule has 0 bridgehead atoms. The molecule has 1 aromatic carbocycles. The van der Waals surface area contributed by atoms with Crippen molar-refractivity contribution in [1.29, 1.82) is 0 Å². The first kappa shape index (κ1) is 23.0. The topological polar surface area (TPSA) is 117 Å². The summed E-state index contributed by atoms with van der Waals surface area (Å²) in [6.07, 6.45) is 0.584. The minimum absolute atomic E-state index is 0.